The summed E-state index contributed by atoms with van der Waals surface area (Å²) in [7, 11) is 0. The zero-order valence-corrected chi connectivity index (χ0v) is 9.71. The van der Waals surface area contributed by atoms with E-state index in [1.54, 1.807) is 0 Å². The van der Waals surface area contributed by atoms with Crippen molar-refractivity contribution in [3.63, 3.8) is 0 Å². The summed E-state index contributed by atoms with van der Waals surface area (Å²) in [4.78, 5) is 0. The summed E-state index contributed by atoms with van der Waals surface area (Å²) in [5, 5.41) is 6.98. The fourth-order valence-electron chi connectivity index (χ4n) is 2.91. The van der Waals surface area contributed by atoms with Crippen LogP contribution in [0.4, 0.5) is 0 Å². The van der Waals surface area contributed by atoms with Crippen molar-refractivity contribution >= 4 is 0 Å². The third-order valence-corrected chi connectivity index (χ3v) is 3.93. The number of nitrogens with one attached hydrogen (secondary N) is 2. The molecule has 1 aromatic carbocycles. The van der Waals surface area contributed by atoms with E-state index in [9.17, 15) is 0 Å². The normalized spacial score (nSPS) is 29.8. The van der Waals surface area contributed by atoms with Gasteiger partial charge >= 0.3 is 0 Å². The Labute approximate surface area is 97.4 Å². The Morgan fingerprint density at radius 1 is 0.938 bits per heavy atom. The van der Waals surface area contributed by atoms with Gasteiger partial charge in [-0.15, -0.1) is 0 Å². The molecule has 3 rings (SSSR count). The van der Waals surface area contributed by atoms with Crippen LogP contribution >= 0.6 is 0 Å². The Morgan fingerprint density at radius 2 is 1.75 bits per heavy atom. The van der Waals surface area contributed by atoms with Crippen LogP contribution in [0.3, 0.4) is 0 Å². The van der Waals surface area contributed by atoms with Gasteiger partial charge in [-0.25, -0.2) is 0 Å². The van der Waals surface area contributed by atoms with Gasteiger partial charge in [0.2, 0.25) is 0 Å². The summed E-state index contributed by atoms with van der Waals surface area (Å²) >= 11 is 0. The molecule has 2 aliphatic heterocycles. The van der Waals surface area contributed by atoms with Crippen molar-refractivity contribution in [2.75, 3.05) is 19.6 Å². The van der Waals surface area contributed by atoms with Crippen molar-refractivity contribution in [1.82, 2.24) is 10.6 Å². The number of benzene rings is 1. The zero-order chi connectivity index (χ0) is 10.8. The largest absolute Gasteiger partial charge is 0.316 e. The number of rotatable bonds is 2. The minimum atomic E-state index is 0.607. The molecule has 0 bridgehead atoms. The van der Waals surface area contributed by atoms with Crippen molar-refractivity contribution in [3.05, 3.63) is 35.4 Å². The van der Waals surface area contributed by atoms with Gasteiger partial charge < -0.3 is 10.6 Å². The van der Waals surface area contributed by atoms with E-state index in [1.807, 2.05) is 0 Å². The maximum Gasteiger partial charge on any atom is 0.0320 e. The van der Waals surface area contributed by atoms with E-state index in [4.69, 9.17) is 0 Å². The lowest BCUT2D eigenvalue weighted by Gasteiger charge is -2.13. The summed E-state index contributed by atoms with van der Waals surface area (Å²) in [5.41, 5.74) is 2.97. The molecule has 0 radical (unpaired) electrons. The summed E-state index contributed by atoms with van der Waals surface area (Å²) in [5.74, 6) is 0.741. The molecule has 2 unspecified atom stereocenters. The molecule has 86 valence electrons. The average molecular weight is 216 g/mol. The van der Waals surface area contributed by atoms with E-state index in [0.29, 0.717) is 6.04 Å². The predicted octanol–water partition coefficient (Wildman–Crippen LogP) is 2.19. The first-order valence-corrected chi connectivity index (χ1v) is 6.47. The van der Waals surface area contributed by atoms with E-state index in [2.05, 4.69) is 34.9 Å². The van der Waals surface area contributed by atoms with Crippen LogP contribution in [0.25, 0.3) is 0 Å². The second-order valence-corrected chi connectivity index (χ2v) is 5.01. The van der Waals surface area contributed by atoms with Crippen molar-refractivity contribution in [2.24, 2.45) is 0 Å². The first-order chi connectivity index (χ1) is 7.93. The molecule has 16 heavy (non-hydrogen) atoms. The molecule has 2 fully saturated rings. The van der Waals surface area contributed by atoms with E-state index in [0.717, 1.165) is 12.5 Å². The Hall–Kier alpha value is -0.860. The van der Waals surface area contributed by atoms with Crippen LogP contribution < -0.4 is 10.6 Å². The van der Waals surface area contributed by atoms with Gasteiger partial charge in [-0.1, -0.05) is 24.3 Å². The molecule has 2 heterocycles. The third-order valence-electron chi connectivity index (χ3n) is 3.93. The Bertz CT molecular complexity index is 297. The molecule has 0 saturated carbocycles. The molecular formula is C14H20N2. The van der Waals surface area contributed by atoms with Crippen molar-refractivity contribution in [2.45, 2.75) is 31.2 Å². The lowest BCUT2D eigenvalue weighted by atomic mass is 9.95. The molecule has 0 aliphatic carbocycles. The maximum absolute atomic E-state index is 3.55. The molecule has 0 amide bonds. The van der Waals surface area contributed by atoms with Crippen LogP contribution in [0.2, 0.25) is 0 Å². The van der Waals surface area contributed by atoms with Gasteiger partial charge in [0, 0.05) is 12.6 Å². The van der Waals surface area contributed by atoms with Gasteiger partial charge in [0.1, 0.15) is 0 Å². The van der Waals surface area contributed by atoms with Crippen LogP contribution in [0.5, 0.6) is 0 Å². The molecule has 0 spiro atoms. The van der Waals surface area contributed by atoms with Gasteiger partial charge in [0.05, 0.1) is 0 Å². The highest BCUT2D eigenvalue weighted by molar-refractivity contribution is 5.28. The SMILES string of the molecule is c1cc(C2CCCN2)ccc1C1CCNC1. The fourth-order valence-corrected chi connectivity index (χ4v) is 2.91. The van der Waals surface area contributed by atoms with Crippen LogP contribution in [-0.2, 0) is 0 Å². The molecule has 2 atom stereocenters. The highest BCUT2D eigenvalue weighted by atomic mass is 14.9. The highest BCUT2D eigenvalue weighted by Crippen LogP contribution is 2.26. The molecule has 2 nitrogen and oxygen atoms in total. The second-order valence-electron chi connectivity index (χ2n) is 5.01. The van der Waals surface area contributed by atoms with Crippen LogP contribution in [0.1, 0.15) is 42.3 Å². The zero-order valence-electron chi connectivity index (χ0n) is 9.71. The molecule has 0 aromatic heterocycles. The molecular weight excluding hydrogens is 196 g/mol. The second kappa shape index (κ2) is 4.56. The Balaban J connectivity index is 1.73. The molecule has 2 saturated heterocycles. The lowest BCUT2D eigenvalue weighted by Crippen LogP contribution is -2.13. The van der Waals surface area contributed by atoms with Gasteiger partial charge in [0.15, 0.2) is 0 Å². The van der Waals surface area contributed by atoms with E-state index < -0.39 is 0 Å². The number of hydrogen-bond donors (Lipinski definition) is 2. The molecule has 2 N–H and O–H groups in total. The molecule has 1 aromatic rings. The molecule has 2 aliphatic rings. The lowest BCUT2D eigenvalue weighted by molar-refractivity contribution is 0.646. The van der Waals surface area contributed by atoms with Crippen molar-refractivity contribution < 1.29 is 0 Å². The smallest absolute Gasteiger partial charge is 0.0320 e. The van der Waals surface area contributed by atoms with Gasteiger partial charge in [-0.3, -0.25) is 0 Å². The fraction of sp³-hybridized carbons (Fsp3) is 0.571. The summed E-state index contributed by atoms with van der Waals surface area (Å²) in [6.45, 7) is 3.51. The monoisotopic (exact) mass is 216 g/mol. The van der Waals surface area contributed by atoms with Gasteiger partial charge in [-0.2, -0.15) is 0 Å². The van der Waals surface area contributed by atoms with E-state index in [1.165, 1.54) is 43.5 Å². The summed E-state index contributed by atoms with van der Waals surface area (Å²) in [6.07, 6.45) is 3.91. The standard InChI is InChI=1S/C14H20N2/c1-2-14(16-8-1)12-5-3-11(4-6-12)13-7-9-15-10-13/h3-6,13-16H,1-2,7-10H2. The number of hydrogen-bond acceptors (Lipinski definition) is 2. The average Bonchev–Trinajstić information content (AvgIpc) is 3.03. The molecule has 2 heteroatoms. The minimum Gasteiger partial charge on any atom is -0.316 e. The van der Waals surface area contributed by atoms with Crippen molar-refractivity contribution in [1.29, 1.82) is 0 Å². The minimum absolute atomic E-state index is 0.607. The van der Waals surface area contributed by atoms with Gasteiger partial charge in [-0.05, 0) is 49.4 Å². The van der Waals surface area contributed by atoms with E-state index in [-0.39, 0.29) is 0 Å². The third kappa shape index (κ3) is 2.00. The summed E-state index contributed by atoms with van der Waals surface area (Å²) in [6, 6.07) is 9.89. The van der Waals surface area contributed by atoms with E-state index >= 15 is 0 Å². The van der Waals surface area contributed by atoms with Crippen LogP contribution in [-0.4, -0.2) is 19.6 Å². The van der Waals surface area contributed by atoms with Crippen LogP contribution in [0, 0.1) is 0 Å². The predicted molar refractivity (Wildman–Crippen MR) is 66.6 cm³/mol. The van der Waals surface area contributed by atoms with Crippen LogP contribution in [0.15, 0.2) is 24.3 Å². The summed E-state index contributed by atoms with van der Waals surface area (Å²) < 4.78 is 0. The first kappa shape index (κ1) is 10.3. The van der Waals surface area contributed by atoms with Crippen molar-refractivity contribution in [3.8, 4) is 0 Å². The topological polar surface area (TPSA) is 24.1 Å². The quantitative estimate of drug-likeness (QED) is 0.792. The maximum atomic E-state index is 3.55. The first-order valence-electron chi connectivity index (χ1n) is 6.47. The van der Waals surface area contributed by atoms with Gasteiger partial charge in [0.25, 0.3) is 0 Å². The Morgan fingerprint density at radius 3 is 2.38 bits per heavy atom. The Kier molecular flexibility index (Phi) is 2.94. The highest BCUT2D eigenvalue weighted by Gasteiger charge is 2.18.